The average molecular weight is 288 g/mol. The third-order valence-electron chi connectivity index (χ3n) is 3.27. The molecule has 0 fully saturated rings. The first-order valence-electron chi connectivity index (χ1n) is 6.59. The van der Waals surface area contributed by atoms with Crippen LogP contribution in [0.3, 0.4) is 0 Å². The highest BCUT2D eigenvalue weighted by Crippen LogP contribution is 2.11. The summed E-state index contributed by atoms with van der Waals surface area (Å²) in [5.41, 5.74) is 4.97. The van der Waals surface area contributed by atoms with E-state index in [0.29, 0.717) is 12.4 Å². The zero-order valence-electron chi connectivity index (χ0n) is 11.7. The quantitative estimate of drug-likeness (QED) is 0.847. The normalized spacial score (nSPS) is 10.3. The van der Waals surface area contributed by atoms with Gasteiger partial charge in [0.15, 0.2) is 0 Å². The Morgan fingerprint density at radius 2 is 1.70 bits per heavy atom. The highest BCUT2D eigenvalue weighted by Gasteiger charge is 2.08. The summed E-state index contributed by atoms with van der Waals surface area (Å²) in [6.07, 6.45) is 0. The number of alkyl halides is 1. The molecule has 1 N–H and O–H groups in total. The highest BCUT2D eigenvalue weighted by molar-refractivity contribution is 6.17. The van der Waals surface area contributed by atoms with Crippen LogP contribution < -0.4 is 5.32 Å². The molecule has 1 amide bonds. The van der Waals surface area contributed by atoms with Gasteiger partial charge in [0.2, 0.25) is 0 Å². The number of halogens is 1. The van der Waals surface area contributed by atoms with Gasteiger partial charge in [-0.2, -0.15) is 0 Å². The molecule has 104 valence electrons. The number of carbonyl (C=O) groups excluding carboxylic acids is 1. The summed E-state index contributed by atoms with van der Waals surface area (Å²) in [6.45, 7) is 4.46. The van der Waals surface area contributed by atoms with Gasteiger partial charge in [-0.25, -0.2) is 0 Å². The molecule has 0 unspecified atom stereocenters. The largest absolute Gasteiger partial charge is 0.348 e. The Kier molecular flexibility index (Phi) is 4.80. The zero-order chi connectivity index (χ0) is 14.5. The van der Waals surface area contributed by atoms with Gasteiger partial charge in [0.25, 0.3) is 5.91 Å². The van der Waals surface area contributed by atoms with Gasteiger partial charge < -0.3 is 5.32 Å². The van der Waals surface area contributed by atoms with Crippen LogP contribution in [0.2, 0.25) is 0 Å². The molecule has 0 saturated heterocycles. The molecule has 2 nitrogen and oxygen atoms in total. The Labute approximate surface area is 124 Å². The number of hydrogen-bond donors (Lipinski definition) is 1. The molecule has 0 saturated carbocycles. The monoisotopic (exact) mass is 287 g/mol. The summed E-state index contributed by atoms with van der Waals surface area (Å²) < 4.78 is 0. The smallest absolute Gasteiger partial charge is 0.251 e. The van der Waals surface area contributed by atoms with E-state index in [2.05, 4.69) is 5.32 Å². The number of nitrogens with one attached hydrogen (secondary N) is 1. The van der Waals surface area contributed by atoms with Crippen molar-refractivity contribution < 1.29 is 4.79 Å². The van der Waals surface area contributed by atoms with Gasteiger partial charge in [0.05, 0.1) is 0 Å². The third kappa shape index (κ3) is 3.61. The second kappa shape index (κ2) is 6.58. The van der Waals surface area contributed by atoms with Crippen molar-refractivity contribution in [1.82, 2.24) is 5.32 Å². The molecule has 2 rings (SSSR count). The van der Waals surface area contributed by atoms with Crippen molar-refractivity contribution >= 4 is 17.5 Å². The van der Waals surface area contributed by atoms with E-state index in [1.54, 1.807) is 0 Å². The topological polar surface area (TPSA) is 29.1 Å². The van der Waals surface area contributed by atoms with Gasteiger partial charge in [0.1, 0.15) is 0 Å². The lowest BCUT2D eigenvalue weighted by molar-refractivity contribution is 0.0950. The highest BCUT2D eigenvalue weighted by atomic mass is 35.5. The molecule has 0 radical (unpaired) electrons. The predicted molar refractivity (Wildman–Crippen MR) is 83.1 cm³/mol. The van der Waals surface area contributed by atoms with Crippen LogP contribution in [0.4, 0.5) is 0 Å². The molecule has 2 aromatic rings. The molecule has 0 aromatic heterocycles. The van der Waals surface area contributed by atoms with Crippen molar-refractivity contribution in [2.45, 2.75) is 26.3 Å². The zero-order valence-corrected chi connectivity index (χ0v) is 12.5. The minimum atomic E-state index is -0.0346. The Morgan fingerprint density at radius 3 is 2.35 bits per heavy atom. The Bertz CT molecular complexity index is 605. The van der Waals surface area contributed by atoms with Crippen molar-refractivity contribution in [2.75, 3.05) is 0 Å². The molecular formula is C17H18ClNO. The Balaban J connectivity index is 2.02. The first-order valence-corrected chi connectivity index (χ1v) is 7.13. The molecule has 3 heteroatoms. The van der Waals surface area contributed by atoms with Crippen molar-refractivity contribution in [3.8, 4) is 0 Å². The van der Waals surface area contributed by atoms with E-state index in [1.165, 1.54) is 0 Å². The fraction of sp³-hybridized carbons (Fsp3) is 0.235. The maximum absolute atomic E-state index is 12.2. The number of amides is 1. The summed E-state index contributed by atoms with van der Waals surface area (Å²) in [5.74, 6) is 0.474. The van der Waals surface area contributed by atoms with Crippen LogP contribution in [-0.4, -0.2) is 5.91 Å². The van der Waals surface area contributed by atoms with Crippen LogP contribution >= 0.6 is 11.6 Å². The lowest BCUT2D eigenvalue weighted by Gasteiger charge is -2.09. The van der Waals surface area contributed by atoms with Gasteiger partial charge in [0, 0.05) is 18.0 Å². The van der Waals surface area contributed by atoms with Crippen LogP contribution in [-0.2, 0) is 12.4 Å². The van der Waals surface area contributed by atoms with Gasteiger partial charge in [-0.05, 0) is 36.6 Å². The molecule has 0 bridgehead atoms. The van der Waals surface area contributed by atoms with E-state index in [1.807, 2.05) is 56.3 Å². The molecule has 0 aliphatic carbocycles. The van der Waals surface area contributed by atoms with Crippen LogP contribution in [0.25, 0.3) is 0 Å². The summed E-state index contributed by atoms with van der Waals surface area (Å²) in [7, 11) is 0. The predicted octanol–water partition coefficient (Wildman–Crippen LogP) is 3.97. The first-order chi connectivity index (χ1) is 9.60. The Morgan fingerprint density at radius 1 is 1.05 bits per heavy atom. The average Bonchev–Trinajstić information content (AvgIpc) is 2.47. The van der Waals surface area contributed by atoms with Crippen LogP contribution in [0.15, 0.2) is 42.5 Å². The summed E-state index contributed by atoms with van der Waals surface area (Å²) in [4.78, 5) is 12.2. The standard InChI is InChI=1S/C17H18ClNO/c1-12-3-4-13(2)16(9-12)17(20)19-11-15-7-5-14(10-18)6-8-15/h3-9H,10-11H2,1-2H3,(H,19,20). The van der Waals surface area contributed by atoms with Gasteiger partial charge in [-0.15, -0.1) is 11.6 Å². The molecule has 20 heavy (non-hydrogen) atoms. The van der Waals surface area contributed by atoms with E-state index >= 15 is 0 Å². The van der Waals surface area contributed by atoms with Crippen LogP contribution in [0, 0.1) is 13.8 Å². The number of rotatable bonds is 4. The lowest BCUT2D eigenvalue weighted by atomic mass is 10.0. The maximum Gasteiger partial charge on any atom is 0.251 e. The second-order valence-electron chi connectivity index (χ2n) is 4.95. The van der Waals surface area contributed by atoms with Crippen molar-refractivity contribution in [3.63, 3.8) is 0 Å². The molecule has 0 heterocycles. The van der Waals surface area contributed by atoms with E-state index < -0.39 is 0 Å². The van der Waals surface area contributed by atoms with Gasteiger partial charge in [-0.3, -0.25) is 4.79 Å². The van der Waals surface area contributed by atoms with Crippen molar-refractivity contribution in [3.05, 3.63) is 70.3 Å². The molecule has 0 aliphatic rings. The molecule has 0 spiro atoms. The van der Waals surface area contributed by atoms with Crippen molar-refractivity contribution in [2.24, 2.45) is 0 Å². The lowest BCUT2D eigenvalue weighted by Crippen LogP contribution is -2.23. The van der Waals surface area contributed by atoms with Crippen LogP contribution in [0.5, 0.6) is 0 Å². The number of carbonyl (C=O) groups is 1. The second-order valence-corrected chi connectivity index (χ2v) is 5.22. The third-order valence-corrected chi connectivity index (χ3v) is 3.58. The van der Waals surface area contributed by atoms with E-state index in [-0.39, 0.29) is 5.91 Å². The number of benzene rings is 2. The summed E-state index contributed by atoms with van der Waals surface area (Å²) in [6, 6.07) is 13.8. The van der Waals surface area contributed by atoms with Crippen LogP contribution in [0.1, 0.15) is 32.6 Å². The van der Waals surface area contributed by atoms with E-state index in [9.17, 15) is 4.79 Å². The summed E-state index contributed by atoms with van der Waals surface area (Å²) in [5, 5.41) is 2.95. The Hall–Kier alpha value is -1.80. The minimum absolute atomic E-state index is 0.0346. The molecular weight excluding hydrogens is 270 g/mol. The molecule has 2 aromatic carbocycles. The number of hydrogen-bond acceptors (Lipinski definition) is 1. The first kappa shape index (κ1) is 14.6. The van der Waals surface area contributed by atoms with E-state index in [4.69, 9.17) is 11.6 Å². The minimum Gasteiger partial charge on any atom is -0.348 e. The summed E-state index contributed by atoms with van der Waals surface area (Å²) >= 11 is 5.75. The maximum atomic E-state index is 12.2. The van der Waals surface area contributed by atoms with Gasteiger partial charge in [-0.1, -0.05) is 42.0 Å². The fourth-order valence-electron chi connectivity index (χ4n) is 2.00. The number of aryl methyl sites for hydroxylation is 2. The molecule has 0 aliphatic heterocycles. The SMILES string of the molecule is Cc1ccc(C)c(C(=O)NCc2ccc(CCl)cc2)c1. The molecule has 0 atom stereocenters. The van der Waals surface area contributed by atoms with Crippen molar-refractivity contribution in [1.29, 1.82) is 0 Å². The van der Waals surface area contributed by atoms with Gasteiger partial charge >= 0.3 is 0 Å². The van der Waals surface area contributed by atoms with E-state index in [0.717, 1.165) is 27.8 Å². The fourth-order valence-corrected chi connectivity index (χ4v) is 2.18.